The van der Waals surface area contributed by atoms with Crippen molar-refractivity contribution >= 4 is 11.8 Å². The third-order valence-electron chi connectivity index (χ3n) is 4.74. The minimum Gasteiger partial charge on any atom is -0.330 e. The summed E-state index contributed by atoms with van der Waals surface area (Å²) in [6, 6.07) is 0. The van der Waals surface area contributed by atoms with Crippen molar-refractivity contribution in [2.45, 2.75) is 59.8 Å². The van der Waals surface area contributed by atoms with Crippen LogP contribution in [0.2, 0.25) is 0 Å². The van der Waals surface area contributed by atoms with E-state index < -0.39 is 0 Å². The van der Waals surface area contributed by atoms with Gasteiger partial charge in [0.15, 0.2) is 0 Å². The predicted molar refractivity (Wildman–Crippen MR) is 85.1 cm³/mol. The number of rotatable bonds is 6. The summed E-state index contributed by atoms with van der Waals surface area (Å²) in [5, 5.41) is 0. The van der Waals surface area contributed by atoms with E-state index in [0.29, 0.717) is 5.41 Å². The normalized spacial score (nSPS) is 29.5. The number of nitrogens with two attached hydrogens (primary N) is 1. The Morgan fingerprint density at radius 3 is 2.44 bits per heavy atom. The van der Waals surface area contributed by atoms with Crippen molar-refractivity contribution in [2.75, 3.05) is 18.1 Å². The Hall–Kier alpha value is 0.310. The molecular formula is C16H33NS. The van der Waals surface area contributed by atoms with E-state index in [1.54, 1.807) is 0 Å². The first-order valence-electron chi connectivity index (χ1n) is 7.76. The van der Waals surface area contributed by atoms with Gasteiger partial charge in [0.2, 0.25) is 0 Å². The van der Waals surface area contributed by atoms with Crippen molar-refractivity contribution in [2.24, 2.45) is 28.9 Å². The molecular weight excluding hydrogens is 238 g/mol. The molecule has 1 saturated carbocycles. The Kier molecular flexibility index (Phi) is 7.08. The van der Waals surface area contributed by atoms with Gasteiger partial charge >= 0.3 is 0 Å². The second-order valence-corrected chi connectivity index (χ2v) is 8.36. The molecule has 108 valence electrons. The molecule has 0 radical (unpaired) electrons. The van der Waals surface area contributed by atoms with Gasteiger partial charge < -0.3 is 5.73 Å². The Balaban J connectivity index is 2.43. The molecule has 18 heavy (non-hydrogen) atoms. The molecule has 1 rings (SSSR count). The van der Waals surface area contributed by atoms with Crippen LogP contribution in [0.5, 0.6) is 0 Å². The second-order valence-electron chi connectivity index (χ2n) is 6.97. The maximum atomic E-state index is 5.97. The Morgan fingerprint density at radius 2 is 1.89 bits per heavy atom. The van der Waals surface area contributed by atoms with E-state index in [4.69, 9.17) is 5.73 Å². The molecule has 0 aromatic carbocycles. The van der Waals surface area contributed by atoms with Crippen LogP contribution in [-0.2, 0) is 0 Å². The first-order valence-corrected chi connectivity index (χ1v) is 8.92. The number of hydrogen-bond acceptors (Lipinski definition) is 2. The summed E-state index contributed by atoms with van der Waals surface area (Å²) in [7, 11) is 0. The SMILES string of the molecule is CCSCCCC1CC(C(C)(C)C)CCC1CN. The quantitative estimate of drug-likeness (QED) is 0.717. The van der Waals surface area contributed by atoms with Crippen LogP contribution >= 0.6 is 11.8 Å². The molecule has 0 aliphatic heterocycles. The lowest BCUT2D eigenvalue weighted by Gasteiger charge is -2.41. The molecule has 3 unspecified atom stereocenters. The van der Waals surface area contributed by atoms with Gasteiger partial charge in [-0.3, -0.25) is 0 Å². The molecule has 2 N–H and O–H groups in total. The molecule has 1 aliphatic rings. The lowest BCUT2D eigenvalue weighted by Crippen LogP contribution is -2.35. The lowest BCUT2D eigenvalue weighted by atomic mass is 9.64. The fraction of sp³-hybridized carbons (Fsp3) is 1.00. The van der Waals surface area contributed by atoms with Crippen molar-refractivity contribution in [1.82, 2.24) is 0 Å². The van der Waals surface area contributed by atoms with Gasteiger partial charge in [-0.15, -0.1) is 0 Å². The highest BCUT2D eigenvalue weighted by Crippen LogP contribution is 2.43. The van der Waals surface area contributed by atoms with Gasteiger partial charge in [-0.25, -0.2) is 0 Å². The average Bonchev–Trinajstić information content (AvgIpc) is 2.33. The Morgan fingerprint density at radius 1 is 1.17 bits per heavy atom. The van der Waals surface area contributed by atoms with Crippen molar-refractivity contribution in [1.29, 1.82) is 0 Å². The molecule has 1 fully saturated rings. The van der Waals surface area contributed by atoms with Crippen LogP contribution in [0, 0.1) is 23.2 Å². The van der Waals surface area contributed by atoms with Gasteiger partial charge in [-0.2, -0.15) is 11.8 Å². The van der Waals surface area contributed by atoms with E-state index in [9.17, 15) is 0 Å². The van der Waals surface area contributed by atoms with Crippen molar-refractivity contribution in [3.8, 4) is 0 Å². The van der Waals surface area contributed by atoms with E-state index in [2.05, 4.69) is 39.5 Å². The zero-order valence-corrected chi connectivity index (χ0v) is 13.7. The lowest BCUT2D eigenvalue weighted by molar-refractivity contribution is 0.0962. The smallest absolute Gasteiger partial charge is 0.00462 e. The van der Waals surface area contributed by atoms with Crippen LogP contribution in [0.1, 0.15) is 59.8 Å². The van der Waals surface area contributed by atoms with Gasteiger partial charge in [0.25, 0.3) is 0 Å². The standard InChI is InChI=1S/C16H33NS/c1-5-18-10-6-7-13-11-15(16(2,3)4)9-8-14(13)12-17/h13-15H,5-12,17H2,1-4H3. The predicted octanol–water partition coefficient (Wildman–Crippen LogP) is 4.56. The Bertz CT molecular complexity index is 222. The summed E-state index contributed by atoms with van der Waals surface area (Å²) in [6.45, 7) is 10.4. The van der Waals surface area contributed by atoms with E-state index >= 15 is 0 Å². The first kappa shape index (κ1) is 16.4. The number of thioether (sulfide) groups is 1. The van der Waals surface area contributed by atoms with Crippen LogP contribution in [0.4, 0.5) is 0 Å². The van der Waals surface area contributed by atoms with Gasteiger partial charge in [-0.05, 0) is 73.3 Å². The highest BCUT2D eigenvalue weighted by atomic mass is 32.2. The third-order valence-corrected chi connectivity index (χ3v) is 5.72. The topological polar surface area (TPSA) is 26.0 Å². The summed E-state index contributed by atoms with van der Waals surface area (Å²) in [4.78, 5) is 0. The molecule has 1 aliphatic carbocycles. The van der Waals surface area contributed by atoms with Crippen LogP contribution in [0.25, 0.3) is 0 Å². The van der Waals surface area contributed by atoms with Crippen molar-refractivity contribution in [3.63, 3.8) is 0 Å². The number of hydrogen-bond donors (Lipinski definition) is 1. The zero-order chi connectivity index (χ0) is 13.6. The summed E-state index contributed by atoms with van der Waals surface area (Å²) in [6.07, 6.45) is 6.97. The van der Waals surface area contributed by atoms with E-state index in [1.807, 2.05) is 0 Å². The van der Waals surface area contributed by atoms with Crippen LogP contribution in [-0.4, -0.2) is 18.1 Å². The van der Waals surface area contributed by atoms with E-state index in [-0.39, 0.29) is 0 Å². The van der Waals surface area contributed by atoms with Gasteiger partial charge in [-0.1, -0.05) is 27.7 Å². The van der Waals surface area contributed by atoms with Gasteiger partial charge in [0.1, 0.15) is 0 Å². The summed E-state index contributed by atoms with van der Waals surface area (Å²) in [5.41, 5.74) is 6.46. The highest BCUT2D eigenvalue weighted by Gasteiger charge is 2.34. The van der Waals surface area contributed by atoms with Crippen molar-refractivity contribution < 1.29 is 0 Å². The highest BCUT2D eigenvalue weighted by molar-refractivity contribution is 7.99. The first-order chi connectivity index (χ1) is 8.49. The molecule has 0 aromatic rings. The molecule has 0 spiro atoms. The fourth-order valence-corrected chi connectivity index (χ4v) is 4.03. The molecule has 0 saturated heterocycles. The summed E-state index contributed by atoms with van der Waals surface area (Å²) < 4.78 is 0. The van der Waals surface area contributed by atoms with Gasteiger partial charge in [0.05, 0.1) is 0 Å². The molecule has 0 amide bonds. The molecule has 0 heterocycles. The van der Waals surface area contributed by atoms with Crippen LogP contribution in [0.15, 0.2) is 0 Å². The summed E-state index contributed by atoms with van der Waals surface area (Å²) >= 11 is 2.08. The molecule has 2 heteroatoms. The average molecular weight is 272 g/mol. The zero-order valence-electron chi connectivity index (χ0n) is 12.9. The van der Waals surface area contributed by atoms with E-state index in [0.717, 1.165) is 24.3 Å². The minimum atomic E-state index is 0.482. The van der Waals surface area contributed by atoms with E-state index in [1.165, 1.54) is 43.6 Å². The second kappa shape index (κ2) is 7.79. The maximum Gasteiger partial charge on any atom is -0.00462 e. The van der Waals surface area contributed by atoms with Crippen molar-refractivity contribution in [3.05, 3.63) is 0 Å². The van der Waals surface area contributed by atoms with Crippen LogP contribution < -0.4 is 5.73 Å². The largest absolute Gasteiger partial charge is 0.330 e. The van der Waals surface area contributed by atoms with Crippen LogP contribution in [0.3, 0.4) is 0 Å². The minimum absolute atomic E-state index is 0.482. The maximum absolute atomic E-state index is 5.97. The monoisotopic (exact) mass is 271 g/mol. The summed E-state index contributed by atoms with van der Waals surface area (Å²) in [5.74, 6) is 5.20. The molecule has 3 atom stereocenters. The third kappa shape index (κ3) is 5.13. The molecule has 0 aromatic heterocycles. The van der Waals surface area contributed by atoms with Gasteiger partial charge in [0, 0.05) is 0 Å². The molecule has 0 bridgehead atoms. The Labute approximate surface area is 119 Å². The fourth-order valence-electron chi connectivity index (χ4n) is 3.37. The molecule has 1 nitrogen and oxygen atoms in total.